The molecule has 0 saturated carbocycles. The highest BCUT2D eigenvalue weighted by Crippen LogP contribution is 2.29. The van der Waals surface area contributed by atoms with E-state index in [1.807, 2.05) is 0 Å². The van der Waals surface area contributed by atoms with Gasteiger partial charge in [0.1, 0.15) is 5.82 Å². The van der Waals surface area contributed by atoms with E-state index in [-0.39, 0.29) is 54.5 Å². The molecule has 190 valence electrons. The molecule has 0 spiro atoms. The van der Waals surface area contributed by atoms with Crippen LogP contribution in [0.4, 0.5) is 13.2 Å². The number of carbonyl (C=O) groups excluding carboxylic acids is 3. The lowest BCUT2D eigenvalue weighted by Gasteiger charge is -2.34. The molecule has 1 aromatic carbocycles. The van der Waals surface area contributed by atoms with Crippen LogP contribution in [-0.2, 0) is 25.5 Å². The van der Waals surface area contributed by atoms with Crippen LogP contribution in [0.5, 0.6) is 0 Å². The lowest BCUT2D eigenvalue weighted by Crippen LogP contribution is -2.50. The van der Waals surface area contributed by atoms with Crippen molar-refractivity contribution in [2.75, 3.05) is 32.0 Å². The predicted octanol–water partition coefficient (Wildman–Crippen LogP) is 2.49. The van der Waals surface area contributed by atoms with Gasteiger partial charge in [0, 0.05) is 43.9 Å². The van der Waals surface area contributed by atoms with Crippen LogP contribution in [0.2, 0.25) is 0 Å². The number of rotatable bonds is 7. The Morgan fingerprint density at radius 3 is 2.41 bits per heavy atom. The minimum absolute atomic E-state index is 0. The van der Waals surface area contributed by atoms with Gasteiger partial charge in [-0.2, -0.15) is 0 Å². The van der Waals surface area contributed by atoms with Gasteiger partial charge in [0.2, 0.25) is 5.91 Å². The van der Waals surface area contributed by atoms with Gasteiger partial charge in [-0.3, -0.25) is 14.4 Å². The Bertz CT molecular complexity index is 902. The van der Waals surface area contributed by atoms with Crippen LogP contribution in [0.1, 0.15) is 31.7 Å². The summed E-state index contributed by atoms with van der Waals surface area (Å²) in [5.74, 6) is -3.81. The van der Waals surface area contributed by atoms with Gasteiger partial charge in [0.15, 0.2) is 17.0 Å². The van der Waals surface area contributed by atoms with E-state index >= 15 is 0 Å². The second-order valence-electron chi connectivity index (χ2n) is 8.19. The number of likely N-dealkylation sites (tertiary alicyclic amines) is 1. The largest absolute Gasteiger partial charge is 0.466 e. The second kappa shape index (κ2) is 12.6. The topological polar surface area (TPSA) is 92.9 Å². The first-order valence-electron chi connectivity index (χ1n) is 11.0. The Labute approximate surface area is 206 Å². The molecule has 2 aliphatic heterocycles. The standard InChI is InChI=1S/C22H28F3N3O4S.ClH/c1-2-32-22(31)13-3-5-27(6-4-13)20(30)21-28(7-8-33-21)19(29)11-15(26)9-14-10-17(24)18(25)12-16(14)23;/h10,12-13,15,21H,2-9,11,26H2,1H3;1H/t15-,21?;/m1./s1. The summed E-state index contributed by atoms with van der Waals surface area (Å²) in [6.07, 6.45) is 0.727. The van der Waals surface area contributed by atoms with E-state index in [0.717, 1.165) is 6.07 Å². The quantitative estimate of drug-likeness (QED) is 0.436. The lowest BCUT2D eigenvalue weighted by atomic mass is 9.97. The maximum Gasteiger partial charge on any atom is 0.309 e. The molecule has 1 aromatic rings. The van der Waals surface area contributed by atoms with Crippen molar-refractivity contribution < 1.29 is 32.3 Å². The number of nitrogens with two attached hydrogens (primary N) is 1. The molecule has 2 N–H and O–H groups in total. The number of piperidine rings is 1. The molecule has 7 nitrogen and oxygen atoms in total. The zero-order chi connectivity index (χ0) is 24.1. The summed E-state index contributed by atoms with van der Waals surface area (Å²) < 4.78 is 45.5. The summed E-state index contributed by atoms with van der Waals surface area (Å²) in [6, 6.07) is 0.377. The molecule has 2 fully saturated rings. The molecule has 3 rings (SSSR count). The molecule has 0 aliphatic carbocycles. The number of hydrogen-bond donors (Lipinski definition) is 1. The number of esters is 1. The number of hydrogen-bond acceptors (Lipinski definition) is 6. The maximum atomic E-state index is 13.9. The second-order valence-corrected chi connectivity index (χ2v) is 9.38. The summed E-state index contributed by atoms with van der Waals surface area (Å²) in [5, 5.41) is -0.677. The SMILES string of the molecule is CCOC(=O)C1CCN(C(=O)C2SCCN2C(=O)C[C@H](N)Cc2cc(F)c(F)cc2F)CC1.Cl. The Hall–Kier alpha value is -1.98. The lowest BCUT2D eigenvalue weighted by molar-refractivity contribution is -0.151. The van der Waals surface area contributed by atoms with Crippen LogP contribution in [-0.4, -0.2) is 71.0 Å². The normalized spacial score (nSPS) is 19.5. The fourth-order valence-corrected chi connectivity index (χ4v) is 5.32. The Morgan fingerprint density at radius 2 is 1.76 bits per heavy atom. The average molecular weight is 524 g/mol. The van der Waals surface area contributed by atoms with Crippen LogP contribution in [0.15, 0.2) is 12.1 Å². The van der Waals surface area contributed by atoms with Gasteiger partial charge in [-0.1, -0.05) is 0 Å². The first kappa shape index (κ1) is 28.3. The molecule has 34 heavy (non-hydrogen) atoms. The molecule has 2 atom stereocenters. The molecule has 0 aromatic heterocycles. The third kappa shape index (κ3) is 6.79. The molecule has 0 bridgehead atoms. The van der Waals surface area contributed by atoms with Crippen LogP contribution >= 0.6 is 24.2 Å². The van der Waals surface area contributed by atoms with Gasteiger partial charge in [-0.25, -0.2) is 13.2 Å². The average Bonchev–Trinajstić information content (AvgIpc) is 3.27. The van der Waals surface area contributed by atoms with E-state index in [0.29, 0.717) is 50.9 Å². The zero-order valence-electron chi connectivity index (χ0n) is 18.8. The van der Waals surface area contributed by atoms with E-state index in [9.17, 15) is 27.6 Å². The van der Waals surface area contributed by atoms with E-state index in [4.69, 9.17) is 10.5 Å². The Morgan fingerprint density at radius 1 is 1.12 bits per heavy atom. The van der Waals surface area contributed by atoms with Crippen molar-refractivity contribution in [3.8, 4) is 0 Å². The van der Waals surface area contributed by atoms with Crippen molar-refractivity contribution in [1.29, 1.82) is 0 Å². The van der Waals surface area contributed by atoms with Gasteiger partial charge in [0.25, 0.3) is 5.91 Å². The number of carbonyl (C=O) groups is 3. The third-order valence-electron chi connectivity index (χ3n) is 5.86. The molecular weight excluding hydrogens is 495 g/mol. The molecular formula is C22H29ClF3N3O4S. The first-order valence-corrected chi connectivity index (χ1v) is 12.0. The van der Waals surface area contributed by atoms with Gasteiger partial charge in [-0.05, 0) is 37.8 Å². The van der Waals surface area contributed by atoms with Crippen LogP contribution in [0.3, 0.4) is 0 Å². The summed E-state index contributed by atoms with van der Waals surface area (Å²) in [6.45, 7) is 3.27. The van der Waals surface area contributed by atoms with Crippen LogP contribution < -0.4 is 5.73 Å². The highest BCUT2D eigenvalue weighted by atomic mass is 35.5. The fourth-order valence-electron chi connectivity index (χ4n) is 4.10. The molecule has 12 heteroatoms. The monoisotopic (exact) mass is 523 g/mol. The van der Waals surface area contributed by atoms with Crippen molar-refractivity contribution >= 4 is 42.0 Å². The number of amides is 2. The number of thioether (sulfide) groups is 1. The van der Waals surface area contributed by atoms with Gasteiger partial charge in [0.05, 0.1) is 12.5 Å². The summed E-state index contributed by atoms with van der Waals surface area (Å²) in [5.41, 5.74) is 5.88. The highest BCUT2D eigenvalue weighted by molar-refractivity contribution is 8.00. The highest BCUT2D eigenvalue weighted by Gasteiger charge is 2.39. The van der Waals surface area contributed by atoms with Crippen molar-refractivity contribution in [2.24, 2.45) is 11.7 Å². The molecule has 2 heterocycles. The minimum atomic E-state index is -1.29. The van der Waals surface area contributed by atoms with Crippen molar-refractivity contribution in [3.05, 3.63) is 35.1 Å². The van der Waals surface area contributed by atoms with E-state index < -0.39 is 28.9 Å². The third-order valence-corrected chi connectivity index (χ3v) is 7.05. The Kier molecular flexibility index (Phi) is 10.5. The predicted molar refractivity (Wildman–Crippen MR) is 124 cm³/mol. The van der Waals surface area contributed by atoms with Crippen molar-refractivity contribution in [2.45, 2.75) is 44.0 Å². The molecule has 2 aliphatic rings. The number of nitrogens with zero attached hydrogens (tertiary/aromatic N) is 2. The molecule has 0 radical (unpaired) electrons. The van der Waals surface area contributed by atoms with Crippen LogP contribution in [0, 0.1) is 23.4 Å². The smallest absolute Gasteiger partial charge is 0.309 e. The van der Waals surface area contributed by atoms with Crippen molar-refractivity contribution in [1.82, 2.24) is 9.80 Å². The van der Waals surface area contributed by atoms with Crippen molar-refractivity contribution in [3.63, 3.8) is 0 Å². The summed E-state index contributed by atoms with van der Waals surface area (Å²) in [7, 11) is 0. The first-order chi connectivity index (χ1) is 15.7. The van der Waals surface area contributed by atoms with E-state index in [1.165, 1.54) is 16.7 Å². The number of halogens is 4. The molecule has 1 unspecified atom stereocenters. The van der Waals surface area contributed by atoms with Gasteiger partial charge in [-0.15, -0.1) is 24.2 Å². The van der Waals surface area contributed by atoms with E-state index in [1.54, 1.807) is 11.8 Å². The molecule has 2 saturated heterocycles. The van der Waals surface area contributed by atoms with E-state index in [2.05, 4.69) is 0 Å². The number of ether oxygens (including phenoxy) is 1. The molecule has 2 amide bonds. The Balaban J connectivity index is 0.00000408. The summed E-state index contributed by atoms with van der Waals surface area (Å²) in [4.78, 5) is 40.9. The summed E-state index contributed by atoms with van der Waals surface area (Å²) >= 11 is 1.36. The maximum absolute atomic E-state index is 13.9. The zero-order valence-corrected chi connectivity index (χ0v) is 20.4. The van der Waals surface area contributed by atoms with Gasteiger partial charge < -0.3 is 20.3 Å². The van der Waals surface area contributed by atoms with Crippen LogP contribution in [0.25, 0.3) is 0 Å². The minimum Gasteiger partial charge on any atom is -0.466 e. The van der Waals surface area contributed by atoms with Gasteiger partial charge >= 0.3 is 5.97 Å². The number of benzene rings is 1. The fraction of sp³-hybridized carbons (Fsp3) is 0.591.